The number of rotatable bonds is 5. The second-order valence-corrected chi connectivity index (χ2v) is 8.98. The van der Waals surface area contributed by atoms with Crippen molar-refractivity contribution in [2.24, 2.45) is 13.0 Å². The maximum Gasteiger partial charge on any atom is 0.257 e. The van der Waals surface area contributed by atoms with Crippen LogP contribution in [-0.2, 0) is 21.7 Å². The topological polar surface area (TPSA) is 81.1 Å². The highest BCUT2D eigenvalue weighted by atomic mass is 32.2. The predicted molar refractivity (Wildman–Crippen MR) is 102 cm³/mol. The van der Waals surface area contributed by atoms with Gasteiger partial charge in [0, 0.05) is 31.1 Å². The van der Waals surface area contributed by atoms with Gasteiger partial charge in [0.25, 0.3) is 5.91 Å². The highest BCUT2D eigenvalue weighted by Gasteiger charge is 2.34. The van der Waals surface area contributed by atoms with E-state index in [1.807, 2.05) is 0 Å². The van der Waals surface area contributed by atoms with Crippen LogP contribution in [0, 0.1) is 5.92 Å². The molecule has 1 saturated carbocycles. The van der Waals surface area contributed by atoms with E-state index in [0.717, 1.165) is 6.26 Å². The van der Waals surface area contributed by atoms with Crippen LogP contribution in [0.2, 0.25) is 0 Å². The van der Waals surface area contributed by atoms with Gasteiger partial charge in [-0.25, -0.2) is 17.2 Å². The van der Waals surface area contributed by atoms with Crippen LogP contribution in [0.25, 0.3) is 5.57 Å². The molecule has 1 aliphatic carbocycles. The highest BCUT2D eigenvalue weighted by Crippen LogP contribution is 2.34. The summed E-state index contributed by atoms with van der Waals surface area (Å²) >= 11 is 0. The zero-order valence-corrected chi connectivity index (χ0v) is 16.3. The molecule has 1 amide bonds. The Labute approximate surface area is 162 Å². The first-order valence-corrected chi connectivity index (χ1v) is 10.6. The fraction of sp³-hybridized carbons (Fsp3) is 0.368. The first-order chi connectivity index (χ1) is 13.1. The summed E-state index contributed by atoms with van der Waals surface area (Å²) in [4.78, 5) is 12.9. The van der Waals surface area contributed by atoms with Gasteiger partial charge in [-0.1, -0.05) is 18.2 Å². The summed E-state index contributed by atoms with van der Waals surface area (Å²) in [7, 11) is -1.67. The van der Waals surface area contributed by atoms with Gasteiger partial charge in [-0.2, -0.15) is 5.10 Å². The number of allylic oxidation sites excluding steroid dienone is 1. The zero-order valence-electron chi connectivity index (χ0n) is 15.5. The smallest absolute Gasteiger partial charge is 0.257 e. The van der Waals surface area contributed by atoms with Gasteiger partial charge >= 0.3 is 0 Å². The van der Waals surface area contributed by atoms with Crippen molar-refractivity contribution in [3.05, 3.63) is 48.2 Å². The molecule has 2 aromatic rings. The number of aromatic nitrogens is 2. The van der Waals surface area contributed by atoms with Crippen molar-refractivity contribution in [3.8, 4) is 0 Å². The van der Waals surface area contributed by atoms with E-state index < -0.39 is 34.0 Å². The van der Waals surface area contributed by atoms with Crippen molar-refractivity contribution in [3.63, 3.8) is 0 Å². The van der Waals surface area contributed by atoms with E-state index in [4.69, 9.17) is 0 Å². The minimum atomic E-state index is -3.38. The summed E-state index contributed by atoms with van der Waals surface area (Å²) < 4.78 is 52.0. The van der Waals surface area contributed by atoms with Crippen LogP contribution < -0.4 is 5.32 Å². The summed E-state index contributed by atoms with van der Waals surface area (Å²) in [5.41, 5.74) is 0.676. The van der Waals surface area contributed by atoms with Crippen LogP contribution in [0.4, 0.5) is 14.6 Å². The molecule has 1 heterocycles. The summed E-state index contributed by atoms with van der Waals surface area (Å²) in [5, 5.41) is 6.74. The Hall–Kier alpha value is -2.55. The number of nitrogens with zero attached hydrogens (tertiary/aromatic N) is 2. The summed E-state index contributed by atoms with van der Waals surface area (Å²) in [6.45, 7) is 0. The van der Waals surface area contributed by atoms with Gasteiger partial charge < -0.3 is 5.32 Å². The Bertz CT molecular complexity index is 990. The number of hydrogen-bond acceptors (Lipinski definition) is 4. The molecular weight excluding hydrogens is 388 g/mol. The van der Waals surface area contributed by atoms with E-state index >= 15 is 0 Å². The van der Waals surface area contributed by atoms with Gasteiger partial charge in [-0.05, 0) is 36.5 Å². The van der Waals surface area contributed by atoms with E-state index in [9.17, 15) is 22.0 Å². The molecule has 1 aromatic heterocycles. The minimum Gasteiger partial charge on any atom is -0.305 e. The first-order valence-electron chi connectivity index (χ1n) is 8.75. The molecule has 0 radical (unpaired) electrons. The number of sulfone groups is 1. The molecule has 0 spiro atoms. The number of halogens is 2. The lowest BCUT2D eigenvalue weighted by Gasteiger charge is -2.11. The molecule has 1 unspecified atom stereocenters. The largest absolute Gasteiger partial charge is 0.305 e. The Balaban J connectivity index is 1.93. The maximum atomic E-state index is 13.6. The first kappa shape index (κ1) is 20.2. The van der Waals surface area contributed by atoms with Crippen molar-refractivity contribution in [2.75, 3.05) is 11.6 Å². The van der Waals surface area contributed by atoms with E-state index in [0.29, 0.717) is 11.4 Å². The third-order valence-corrected chi connectivity index (χ3v) is 5.77. The Morgan fingerprint density at radius 1 is 1.18 bits per heavy atom. The van der Waals surface area contributed by atoms with E-state index in [1.165, 1.54) is 28.9 Å². The van der Waals surface area contributed by atoms with Crippen molar-refractivity contribution < 1.29 is 22.0 Å². The molecule has 6 nitrogen and oxygen atoms in total. The average molecular weight is 409 g/mol. The number of nitrogens with one attached hydrogen (secondary N) is 1. The van der Waals surface area contributed by atoms with Crippen LogP contribution in [0.1, 0.15) is 18.4 Å². The molecule has 9 heteroatoms. The molecule has 3 atom stereocenters. The van der Waals surface area contributed by atoms with Gasteiger partial charge in [0.05, 0.1) is 4.90 Å². The number of benzene rings is 1. The summed E-state index contributed by atoms with van der Waals surface area (Å²) in [6, 6.07) is 7.44. The number of amides is 1. The van der Waals surface area contributed by atoms with Gasteiger partial charge in [0.15, 0.2) is 15.7 Å². The van der Waals surface area contributed by atoms with Gasteiger partial charge in [-0.15, -0.1) is 0 Å². The number of carbonyl (C=O) groups is 1. The second-order valence-electron chi connectivity index (χ2n) is 6.97. The standard InChI is InChI=1S/C19H21F2N3O3S/c1-24-8-7-18(23-24)22-19(25)15(9-12-10-16(20)17(21)11-12)13-3-5-14(6-4-13)28(2,26)27/h3-9,12,16-17H,10-11H2,1-2H3,(H,22,23,25)/b15-9+/t12?,16-,17+. The number of hydrogen-bond donors (Lipinski definition) is 1. The van der Waals surface area contributed by atoms with Crippen LogP contribution in [0.15, 0.2) is 47.5 Å². The van der Waals surface area contributed by atoms with Gasteiger partial charge in [-0.3, -0.25) is 9.48 Å². The van der Waals surface area contributed by atoms with Gasteiger partial charge in [0.1, 0.15) is 12.3 Å². The SMILES string of the molecule is Cn1ccc(NC(=O)/C(=C/C2C[C@@H](F)[C@@H](F)C2)c2ccc(S(C)(=O)=O)cc2)n1. The second kappa shape index (κ2) is 7.83. The molecular formula is C19H21F2N3O3S. The highest BCUT2D eigenvalue weighted by molar-refractivity contribution is 7.90. The summed E-state index contributed by atoms with van der Waals surface area (Å²) in [5.74, 6) is -0.572. The monoisotopic (exact) mass is 409 g/mol. The molecule has 1 aliphatic rings. The molecule has 28 heavy (non-hydrogen) atoms. The molecule has 0 bridgehead atoms. The fourth-order valence-corrected chi connectivity index (χ4v) is 3.82. The maximum absolute atomic E-state index is 13.6. The molecule has 0 saturated heterocycles. The average Bonchev–Trinajstić information content (AvgIpc) is 3.17. The normalized spacial score (nSPS) is 23.0. The zero-order chi connectivity index (χ0) is 20.5. The van der Waals surface area contributed by atoms with E-state index in [1.54, 1.807) is 25.4 Å². The number of anilines is 1. The molecule has 1 N–H and O–H groups in total. The minimum absolute atomic E-state index is 0.00293. The lowest BCUT2D eigenvalue weighted by atomic mass is 9.98. The third-order valence-electron chi connectivity index (χ3n) is 4.64. The third kappa shape index (κ3) is 4.64. The quantitative estimate of drug-likeness (QED) is 0.770. The molecule has 1 fully saturated rings. The Kier molecular flexibility index (Phi) is 5.64. The van der Waals surface area contributed by atoms with Crippen molar-refractivity contribution in [2.45, 2.75) is 30.1 Å². The van der Waals surface area contributed by atoms with Crippen molar-refractivity contribution in [1.29, 1.82) is 0 Å². The number of alkyl halides is 2. The lowest BCUT2D eigenvalue weighted by Crippen LogP contribution is -2.15. The Morgan fingerprint density at radius 2 is 1.79 bits per heavy atom. The van der Waals surface area contributed by atoms with Crippen molar-refractivity contribution in [1.82, 2.24) is 9.78 Å². The van der Waals surface area contributed by atoms with E-state index in [-0.39, 0.29) is 23.3 Å². The van der Waals surface area contributed by atoms with Crippen molar-refractivity contribution >= 4 is 27.1 Å². The van der Waals surface area contributed by atoms with Gasteiger partial charge in [0.2, 0.25) is 0 Å². The molecule has 150 valence electrons. The van der Waals surface area contributed by atoms with Crippen LogP contribution in [-0.4, -0.2) is 42.7 Å². The molecule has 0 aliphatic heterocycles. The Morgan fingerprint density at radius 3 is 2.29 bits per heavy atom. The predicted octanol–water partition coefficient (Wildman–Crippen LogP) is 2.93. The fourth-order valence-electron chi connectivity index (χ4n) is 3.19. The lowest BCUT2D eigenvalue weighted by molar-refractivity contribution is -0.111. The number of carbonyl (C=O) groups excluding carboxylic acids is 1. The molecule has 1 aromatic carbocycles. The van der Waals surface area contributed by atoms with E-state index in [2.05, 4.69) is 10.4 Å². The molecule has 3 rings (SSSR count). The van der Waals surface area contributed by atoms with Crippen LogP contribution in [0.5, 0.6) is 0 Å². The van der Waals surface area contributed by atoms with Crippen LogP contribution >= 0.6 is 0 Å². The van der Waals surface area contributed by atoms with Crippen LogP contribution in [0.3, 0.4) is 0 Å². The number of aryl methyl sites for hydroxylation is 1. The summed E-state index contributed by atoms with van der Waals surface area (Å²) in [6.07, 6.45) is 1.22.